The Bertz CT molecular complexity index is 517. The lowest BCUT2D eigenvalue weighted by Crippen LogP contribution is -2.50. The molecule has 1 N–H and O–H groups in total. The Morgan fingerprint density at radius 3 is 2.65 bits per heavy atom. The number of aryl methyl sites for hydroxylation is 1. The molecular formula is C18H26FN. The van der Waals surface area contributed by atoms with Crippen molar-refractivity contribution in [1.29, 1.82) is 0 Å². The molecule has 0 aliphatic heterocycles. The topological polar surface area (TPSA) is 12.0 Å². The summed E-state index contributed by atoms with van der Waals surface area (Å²) in [5.41, 5.74) is 3.08. The maximum atomic E-state index is 13.2. The zero-order chi connectivity index (χ0) is 14.5. The highest BCUT2D eigenvalue weighted by Gasteiger charge is 2.58. The second kappa shape index (κ2) is 4.56. The number of benzene rings is 1. The standard InChI is InChI=1S/C18H26FN/c1-12-9-15(19)6-5-13(12)11-20-16-17(2,3)14-7-8-18(16,4)10-14/h5-6,9,14,16,20H,7-8,10-11H2,1-4H3. The molecule has 2 saturated carbocycles. The van der Waals surface area contributed by atoms with Crippen LogP contribution in [0.1, 0.15) is 51.2 Å². The van der Waals surface area contributed by atoms with E-state index in [1.54, 1.807) is 12.1 Å². The van der Waals surface area contributed by atoms with E-state index in [2.05, 4.69) is 26.1 Å². The smallest absolute Gasteiger partial charge is 0.123 e. The second-order valence-electron chi connectivity index (χ2n) is 7.80. The lowest BCUT2D eigenvalue weighted by Gasteiger charge is -2.43. The zero-order valence-corrected chi connectivity index (χ0v) is 13.1. The van der Waals surface area contributed by atoms with Crippen molar-refractivity contribution in [3.05, 3.63) is 35.1 Å². The van der Waals surface area contributed by atoms with Gasteiger partial charge in [-0.2, -0.15) is 0 Å². The maximum Gasteiger partial charge on any atom is 0.123 e. The van der Waals surface area contributed by atoms with Gasteiger partial charge in [-0.25, -0.2) is 4.39 Å². The van der Waals surface area contributed by atoms with Crippen LogP contribution in [0.2, 0.25) is 0 Å². The molecular weight excluding hydrogens is 249 g/mol. The first-order valence-electron chi connectivity index (χ1n) is 7.81. The molecule has 2 heteroatoms. The predicted octanol–water partition coefficient (Wildman–Crippen LogP) is 4.44. The van der Waals surface area contributed by atoms with Gasteiger partial charge in [-0.15, -0.1) is 0 Å². The molecule has 1 nitrogen and oxygen atoms in total. The van der Waals surface area contributed by atoms with Gasteiger partial charge in [-0.05, 0) is 66.2 Å². The molecule has 2 bridgehead atoms. The Morgan fingerprint density at radius 1 is 1.30 bits per heavy atom. The second-order valence-corrected chi connectivity index (χ2v) is 7.80. The van der Waals surface area contributed by atoms with Crippen molar-refractivity contribution in [1.82, 2.24) is 5.32 Å². The van der Waals surface area contributed by atoms with Crippen LogP contribution in [-0.2, 0) is 6.54 Å². The fourth-order valence-electron chi connectivity index (χ4n) is 4.88. The Kier molecular flexibility index (Phi) is 3.20. The van der Waals surface area contributed by atoms with Crippen LogP contribution in [0, 0.1) is 29.5 Å². The van der Waals surface area contributed by atoms with Gasteiger partial charge >= 0.3 is 0 Å². The molecule has 110 valence electrons. The van der Waals surface area contributed by atoms with Crippen LogP contribution < -0.4 is 5.32 Å². The third-order valence-corrected chi connectivity index (χ3v) is 6.07. The lowest BCUT2D eigenvalue weighted by molar-refractivity contribution is 0.108. The van der Waals surface area contributed by atoms with E-state index in [0.717, 1.165) is 18.0 Å². The molecule has 0 aromatic heterocycles. The minimum absolute atomic E-state index is 0.140. The quantitative estimate of drug-likeness (QED) is 0.860. The average molecular weight is 275 g/mol. The summed E-state index contributed by atoms with van der Waals surface area (Å²) in [5, 5.41) is 3.80. The predicted molar refractivity (Wildman–Crippen MR) is 81.0 cm³/mol. The van der Waals surface area contributed by atoms with E-state index in [1.165, 1.54) is 24.8 Å². The van der Waals surface area contributed by atoms with Gasteiger partial charge in [0, 0.05) is 12.6 Å². The molecule has 3 rings (SSSR count). The van der Waals surface area contributed by atoms with E-state index in [9.17, 15) is 4.39 Å². The number of halogens is 1. The minimum atomic E-state index is -0.140. The molecule has 1 aromatic carbocycles. The molecule has 0 spiro atoms. The van der Waals surface area contributed by atoms with Gasteiger partial charge in [0.1, 0.15) is 5.82 Å². The maximum absolute atomic E-state index is 13.2. The third-order valence-electron chi connectivity index (χ3n) is 6.07. The number of fused-ring (bicyclic) bond motifs is 2. The van der Waals surface area contributed by atoms with Crippen molar-refractivity contribution < 1.29 is 4.39 Å². The summed E-state index contributed by atoms with van der Waals surface area (Å²) in [6, 6.07) is 5.68. The molecule has 0 heterocycles. The summed E-state index contributed by atoms with van der Waals surface area (Å²) in [7, 11) is 0. The number of hydrogen-bond donors (Lipinski definition) is 1. The van der Waals surface area contributed by atoms with Crippen molar-refractivity contribution in [2.45, 2.75) is 59.5 Å². The van der Waals surface area contributed by atoms with Crippen molar-refractivity contribution in [2.75, 3.05) is 0 Å². The van der Waals surface area contributed by atoms with Crippen molar-refractivity contribution in [3.63, 3.8) is 0 Å². The van der Waals surface area contributed by atoms with Crippen LogP contribution in [0.5, 0.6) is 0 Å². The molecule has 2 fully saturated rings. The van der Waals surface area contributed by atoms with Gasteiger partial charge in [-0.3, -0.25) is 0 Å². The highest BCUT2D eigenvalue weighted by molar-refractivity contribution is 5.26. The first kappa shape index (κ1) is 14.1. The number of nitrogens with one attached hydrogen (secondary N) is 1. The van der Waals surface area contributed by atoms with Crippen LogP contribution in [0.4, 0.5) is 4.39 Å². The Labute approximate surface area is 122 Å². The SMILES string of the molecule is Cc1cc(F)ccc1CNC1C2(C)CCC(C2)C1(C)C. The van der Waals surface area contributed by atoms with Crippen LogP contribution in [0.25, 0.3) is 0 Å². The summed E-state index contributed by atoms with van der Waals surface area (Å²) in [5.74, 6) is 0.720. The molecule has 0 saturated heterocycles. The van der Waals surface area contributed by atoms with Crippen LogP contribution in [-0.4, -0.2) is 6.04 Å². The van der Waals surface area contributed by atoms with Crippen molar-refractivity contribution in [2.24, 2.45) is 16.7 Å². The largest absolute Gasteiger partial charge is 0.309 e. The van der Waals surface area contributed by atoms with E-state index >= 15 is 0 Å². The molecule has 2 aliphatic carbocycles. The van der Waals surface area contributed by atoms with E-state index in [0.29, 0.717) is 16.9 Å². The molecule has 3 atom stereocenters. The fraction of sp³-hybridized carbons (Fsp3) is 0.667. The first-order valence-corrected chi connectivity index (χ1v) is 7.81. The monoisotopic (exact) mass is 275 g/mol. The minimum Gasteiger partial charge on any atom is -0.309 e. The zero-order valence-electron chi connectivity index (χ0n) is 13.1. The van der Waals surface area contributed by atoms with Crippen molar-refractivity contribution in [3.8, 4) is 0 Å². The highest BCUT2D eigenvalue weighted by atomic mass is 19.1. The first-order chi connectivity index (χ1) is 9.33. The van der Waals surface area contributed by atoms with Gasteiger partial charge in [-0.1, -0.05) is 26.8 Å². The fourth-order valence-corrected chi connectivity index (χ4v) is 4.88. The van der Waals surface area contributed by atoms with E-state index in [1.807, 2.05) is 13.0 Å². The summed E-state index contributed by atoms with van der Waals surface area (Å²) >= 11 is 0. The van der Waals surface area contributed by atoms with Crippen LogP contribution in [0.3, 0.4) is 0 Å². The van der Waals surface area contributed by atoms with E-state index in [-0.39, 0.29) is 5.82 Å². The van der Waals surface area contributed by atoms with Gasteiger partial charge in [0.05, 0.1) is 0 Å². The van der Waals surface area contributed by atoms with E-state index < -0.39 is 0 Å². The van der Waals surface area contributed by atoms with Gasteiger partial charge in [0.2, 0.25) is 0 Å². The van der Waals surface area contributed by atoms with Gasteiger partial charge in [0.25, 0.3) is 0 Å². The normalized spacial score (nSPS) is 34.6. The number of rotatable bonds is 3. The highest BCUT2D eigenvalue weighted by Crippen LogP contribution is 2.62. The average Bonchev–Trinajstić information content (AvgIpc) is 2.82. The number of hydrogen-bond acceptors (Lipinski definition) is 1. The molecule has 0 radical (unpaired) electrons. The Balaban J connectivity index is 1.75. The molecule has 1 aromatic rings. The Morgan fingerprint density at radius 2 is 2.05 bits per heavy atom. The van der Waals surface area contributed by atoms with E-state index in [4.69, 9.17) is 0 Å². The molecule has 2 aliphatic rings. The van der Waals surface area contributed by atoms with Crippen molar-refractivity contribution >= 4 is 0 Å². The Hall–Kier alpha value is -0.890. The molecule has 20 heavy (non-hydrogen) atoms. The third kappa shape index (κ3) is 2.09. The summed E-state index contributed by atoms with van der Waals surface area (Å²) in [6.45, 7) is 10.1. The van der Waals surface area contributed by atoms with Crippen LogP contribution >= 0.6 is 0 Å². The molecule has 0 amide bonds. The van der Waals surface area contributed by atoms with Gasteiger partial charge in [0.15, 0.2) is 0 Å². The summed E-state index contributed by atoms with van der Waals surface area (Å²) in [6.07, 6.45) is 4.10. The summed E-state index contributed by atoms with van der Waals surface area (Å²) in [4.78, 5) is 0. The summed E-state index contributed by atoms with van der Waals surface area (Å²) < 4.78 is 13.2. The lowest BCUT2D eigenvalue weighted by atomic mass is 9.68. The molecule has 3 unspecified atom stereocenters. The van der Waals surface area contributed by atoms with Gasteiger partial charge < -0.3 is 5.32 Å². The van der Waals surface area contributed by atoms with Crippen LogP contribution in [0.15, 0.2) is 18.2 Å².